The number of ketones is 1. The van der Waals surface area contributed by atoms with Crippen LogP contribution in [0.3, 0.4) is 0 Å². The average molecular weight is 606 g/mol. The summed E-state index contributed by atoms with van der Waals surface area (Å²) in [7, 11) is 1.53. The van der Waals surface area contributed by atoms with Crippen molar-refractivity contribution < 1.29 is 33.5 Å². The third-order valence-electron chi connectivity index (χ3n) is 4.47. The molecule has 5 amide bonds. The zero-order chi connectivity index (χ0) is 33.6. The summed E-state index contributed by atoms with van der Waals surface area (Å²) in [5.74, 6) is 0.349. The van der Waals surface area contributed by atoms with Crippen molar-refractivity contribution in [2.75, 3.05) is 39.8 Å². The van der Waals surface area contributed by atoms with E-state index < -0.39 is 0 Å². The van der Waals surface area contributed by atoms with Crippen LogP contribution in [0.25, 0.3) is 0 Å². The molecule has 250 valence electrons. The molecule has 0 radical (unpaired) electrons. The fourth-order valence-corrected chi connectivity index (χ4v) is 2.37. The number of rotatable bonds is 15. The molecule has 0 aromatic rings. The molecule has 0 aromatic carbocycles. The van der Waals surface area contributed by atoms with Crippen molar-refractivity contribution in [1.29, 1.82) is 0 Å². The minimum atomic E-state index is -0.373. The van der Waals surface area contributed by atoms with Crippen molar-refractivity contribution in [1.82, 2.24) is 26.6 Å². The average Bonchev–Trinajstić information content (AvgIpc) is 2.91. The van der Waals surface area contributed by atoms with E-state index in [1.807, 2.05) is 13.8 Å². The summed E-state index contributed by atoms with van der Waals surface area (Å²) >= 11 is 0. The lowest BCUT2D eigenvalue weighted by molar-refractivity contribution is -0.121. The predicted octanol–water partition coefficient (Wildman–Crippen LogP) is 4.01. The Morgan fingerprint density at radius 2 is 0.929 bits per heavy atom. The van der Waals surface area contributed by atoms with Crippen LogP contribution in [-0.2, 0) is 28.7 Å². The molecule has 0 fully saturated rings. The Morgan fingerprint density at radius 3 is 1.24 bits per heavy atom. The van der Waals surface area contributed by atoms with Crippen molar-refractivity contribution in [3.05, 3.63) is 0 Å². The molecule has 0 heterocycles. The van der Waals surface area contributed by atoms with Crippen molar-refractivity contribution in [2.24, 2.45) is 0 Å². The van der Waals surface area contributed by atoms with Gasteiger partial charge in [0.25, 0.3) is 0 Å². The summed E-state index contributed by atoms with van der Waals surface area (Å²) in [6, 6.07) is 0. The standard InChI is InChI=1S/C8H15NO2.C7H15NO.C6H13NO.C5H11NO.C4H9NO2/c1-3-4-8(11)5-6-9-7(2)10;1-3-4-5-6-8-7(2)9;1-3-4-5-7-6(2)8;1-3-4-6-5(2)7;1-3-7-4(6)5-2/h3-6H2,1-2H3,(H,9,10);3-6H2,1-2H3,(H,8,9);3-5H2,1-2H3,(H,7,8);3-4H2,1-2H3,(H,6,7);3H2,1-2H3,(H,5,6). The summed E-state index contributed by atoms with van der Waals surface area (Å²) in [6.07, 6.45) is 8.36. The van der Waals surface area contributed by atoms with E-state index in [1.54, 1.807) is 13.8 Å². The minimum Gasteiger partial charge on any atom is -0.450 e. The molecule has 0 bridgehead atoms. The van der Waals surface area contributed by atoms with Crippen LogP contribution in [0.5, 0.6) is 0 Å². The monoisotopic (exact) mass is 605 g/mol. The number of unbranched alkanes of at least 4 members (excludes halogenated alkanes) is 3. The highest BCUT2D eigenvalue weighted by Gasteiger charge is 1.99. The summed E-state index contributed by atoms with van der Waals surface area (Å²) in [5, 5.41) is 13.0. The zero-order valence-corrected chi connectivity index (χ0v) is 28.3. The van der Waals surface area contributed by atoms with Crippen LogP contribution in [0.15, 0.2) is 0 Å². The van der Waals surface area contributed by atoms with Gasteiger partial charge >= 0.3 is 6.09 Å². The molecule has 0 unspecified atom stereocenters. The molecule has 12 heteroatoms. The maximum atomic E-state index is 10.9. The lowest BCUT2D eigenvalue weighted by atomic mass is 10.2. The first-order valence-corrected chi connectivity index (χ1v) is 15.1. The number of nitrogens with one attached hydrogen (secondary N) is 5. The molecule has 0 saturated carbocycles. The SMILES string of the molecule is CCCC(=O)CCNC(C)=O.CCCCCNC(C)=O.CCCCNC(C)=O.CCCNC(C)=O.CCOC(=O)NC. The molecule has 0 aromatic heterocycles. The first kappa shape index (κ1) is 48.5. The van der Waals surface area contributed by atoms with Crippen LogP contribution < -0.4 is 26.6 Å². The van der Waals surface area contributed by atoms with E-state index in [9.17, 15) is 28.8 Å². The van der Waals surface area contributed by atoms with Crippen LogP contribution in [0, 0.1) is 0 Å². The maximum absolute atomic E-state index is 10.9. The first-order chi connectivity index (χ1) is 19.8. The van der Waals surface area contributed by atoms with E-state index in [0.29, 0.717) is 26.0 Å². The number of alkyl carbamates (subject to hydrolysis) is 1. The molecule has 0 saturated heterocycles. The van der Waals surface area contributed by atoms with Gasteiger partial charge in [0.1, 0.15) is 5.78 Å². The van der Waals surface area contributed by atoms with Gasteiger partial charge in [-0.25, -0.2) is 4.79 Å². The number of hydrogen-bond acceptors (Lipinski definition) is 7. The maximum Gasteiger partial charge on any atom is 0.406 e. The third kappa shape index (κ3) is 70.9. The van der Waals surface area contributed by atoms with E-state index in [1.165, 1.54) is 40.7 Å². The normalized spacial score (nSPS) is 8.71. The van der Waals surface area contributed by atoms with E-state index in [0.717, 1.165) is 51.7 Å². The molecule has 12 nitrogen and oxygen atoms in total. The van der Waals surface area contributed by atoms with Gasteiger partial charge < -0.3 is 31.3 Å². The van der Waals surface area contributed by atoms with Crippen LogP contribution in [0.1, 0.15) is 120 Å². The fraction of sp³-hybridized carbons (Fsp3) is 0.800. The number of amides is 5. The van der Waals surface area contributed by atoms with Crippen molar-refractivity contribution in [3.8, 4) is 0 Å². The van der Waals surface area contributed by atoms with E-state index in [2.05, 4.69) is 45.2 Å². The molecule has 0 atom stereocenters. The van der Waals surface area contributed by atoms with E-state index in [4.69, 9.17) is 0 Å². The first-order valence-electron chi connectivity index (χ1n) is 15.1. The second kappa shape index (κ2) is 42.3. The van der Waals surface area contributed by atoms with E-state index in [-0.39, 0.29) is 35.5 Å². The number of Topliss-reactive ketones (excluding diaryl/α,β-unsaturated/α-hetero) is 1. The molecule has 42 heavy (non-hydrogen) atoms. The van der Waals surface area contributed by atoms with Crippen molar-refractivity contribution in [2.45, 2.75) is 120 Å². The smallest absolute Gasteiger partial charge is 0.406 e. The largest absolute Gasteiger partial charge is 0.450 e. The Hall–Kier alpha value is -3.18. The second-order valence-electron chi connectivity index (χ2n) is 9.00. The van der Waals surface area contributed by atoms with Gasteiger partial charge in [-0.15, -0.1) is 0 Å². The molecular weight excluding hydrogens is 542 g/mol. The van der Waals surface area contributed by atoms with Crippen molar-refractivity contribution in [3.63, 3.8) is 0 Å². The summed E-state index contributed by atoms with van der Waals surface area (Å²) < 4.78 is 4.44. The molecule has 0 spiro atoms. The molecular formula is C30H63N5O7. The quantitative estimate of drug-likeness (QED) is 0.175. The Balaban J connectivity index is -0.000000137. The minimum absolute atomic E-state index is 0.0573. The van der Waals surface area contributed by atoms with Crippen LogP contribution in [-0.4, -0.2) is 75.3 Å². The molecule has 0 aliphatic rings. The molecule has 0 aliphatic heterocycles. The van der Waals surface area contributed by atoms with Gasteiger partial charge in [-0.05, 0) is 32.6 Å². The Labute approximate surface area is 255 Å². The zero-order valence-electron chi connectivity index (χ0n) is 28.3. The van der Waals surface area contributed by atoms with Gasteiger partial charge in [0.05, 0.1) is 6.61 Å². The molecule has 0 aliphatic carbocycles. The fourth-order valence-electron chi connectivity index (χ4n) is 2.37. The highest BCUT2D eigenvalue weighted by atomic mass is 16.5. The van der Waals surface area contributed by atoms with Gasteiger partial charge in [0.15, 0.2) is 0 Å². The summed E-state index contributed by atoms with van der Waals surface area (Å²) in [6.45, 7) is 19.4. The van der Waals surface area contributed by atoms with Crippen molar-refractivity contribution >= 4 is 35.5 Å². The van der Waals surface area contributed by atoms with Gasteiger partial charge in [-0.1, -0.05) is 47.0 Å². The topological polar surface area (TPSA) is 172 Å². The molecule has 0 rings (SSSR count). The highest BCUT2D eigenvalue weighted by Crippen LogP contribution is 1.92. The van der Waals surface area contributed by atoms with Gasteiger partial charge in [-0.2, -0.15) is 0 Å². The summed E-state index contributed by atoms with van der Waals surface area (Å²) in [4.78, 5) is 61.9. The number of ether oxygens (including phenoxy) is 1. The van der Waals surface area contributed by atoms with Gasteiger partial charge in [0.2, 0.25) is 23.6 Å². The predicted molar refractivity (Wildman–Crippen MR) is 170 cm³/mol. The number of carbonyl (C=O) groups excluding carboxylic acids is 6. The number of carbonyl (C=O) groups is 6. The van der Waals surface area contributed by atoms with E-state index >= 15 is 0 Å². The summed E-state index contributed by atoms with van der Waals surface area (Å²) in [5.41, 5.74) is 0. The van der Waals surface area contributed by atoms with Crippen LogP contribution >= 0.6 is 0 Å². The van der Waals surface area contributed by atoms with Crippen LogP contribution in [0.4, 0.5) is 4.79 Å². The third-order valence-corrected chi connectivity index (χ3v) is 4.47. The second-order valence-corrected chi connectivity index (χ2v) is 9.00. The Morgan fingerprint density at radius 1 is 0.500 bits per heavy atom. The van der Waals surface area contributed by atoms with Gasteiger partial charge in [-0.3, -0.25) is 24.0 Å². The highest BCUT2D eigenvalue weighted by molar-refractivity contribution is 5.79. The molecule has 5 N–H and O–H groups in total. The lowest BCUT2D eigenvalue weighted by Crippen LogP contribution is -2.22. The van der Waals surface area contributed by atoms with Crippen LogP contribution in [0.2, 0.25) is 0 Å². The number of hydrogen-bond donors (Lipinski definition) is 5. The Kier molecular flexibility index (Phi) is 48.9. The lowest BCUT2D eigenvalue weighted by Gasteiger charge is -1.99. The Bertz CT molecular complexity index is 674. The van der Waals surface area contributed by atoms with Gasteiger partial charge in [0, 0.05) is 73.8 Å².